The highest BCUT2D eigenvalue weighted by molar-refractivity contribution is 7.90. The lowest BCUT2D eigenvalue weighted by Gasteiger charge is -2.08. The zero-order valence-electron chi connectivity index (χ0n) is 17.2. The van der Waals surface area contributed by atoms with Crippen LogP contribution in [0.25, 0.3) is 11.3 Å². The van der Waals surface area contributed by atoms with Crippen LogP contribution in [0.4, 0.5) is 0 Å². The van der Waals surface area contributed by atoms with E-state index in [1.165, 1.54) is 23.5 Å². The first-order valence-corrected chi connectivity index (χ1v) is 12.2. The van der Waals surface area contributed by atoms with Crippen LogP contribution < -0.4 is 9.54 Å². The van der Waals surface area contributed by atoms with Gasteiger partial charge in [0, 0.05) is 11.9 Å². The molecule has 0 amide bonds. The largest absolute Gasteiger partial charge is 0.423 e. The van der Waals surface area contributed by atoms with Crippen molar-refractivity contribution >= 4 is 27.3 Å². The van der Waals surface area contributed by atoms with Gasteiger partial charge >= 0.3 is 5.97 Å². The van der Waals surface area contributed by atoms with Gasteiger partial charge in [-0.3, -0.25) is 0 Å². The predicted octanol–water partition coefficient (Wildman–Crippen LogP) is 4.75. The molecule has 1 heterocycles. The van der Waals surface area contributed by atoms with E-state index in [1.807, 2.05) is 35.1 Å². The molecule has 0 atom stereocenters. The molecule has 4 aromatic rings. The van der Waals surface area contributed by atoms with E-state index in [0.29, 0.717) is 22.7 Å². The van der Waals surface area contributed by atoms with Crippen molar-refractivity contribution in [2.24, 2.45) is 4.40 Å². The van der Waals surface area contributed by atoms with Crippen LogP contribution in [-0.2, 0) is 16.6 Å². The maximum absolute atomic E-state index is 12.7. The van der Waals surface area contributed by atoms with Gasteiger partial charge in [-0.15, -0.1) is 15.7 Å². The molecule has 1 aromatic heterocycles. The standard InChI is InChI=1S/C24H20N2O4S2/c1-2-26-22(17-31-24(26)25-32(28,29)21-11-7-4-8-12-21)18-13-15-20(16-14-18)30-23(27)19-9-5-3-6-10-19/h3-17H,2H2,1H3. The first-order valence-electron chi connectivity index (χ1n) is 9.90. The van der Waals surface area contributed by atoms with Gasteiger partial charge in [0.2, 0.25) is 4.80 Å². The van der Waals surface area contributed by atoms with Gasteiger partial charge in [0.25, 0.3) is 10.0 Å². The van der Waals surface area contributed by atoms with Crippen molar-refractivity contribution in [2.75, 3.05) is 0 Å². The zero-order chi connectivity index (χ0) is 22.6. The van der Waals surface area contributed by atoms with E-state index in [4.69, 9.17) is 4.74 Å². The van der Waals surface area contributed by atoms with Gasteiger partial charge in [-0.2, -0.15) is 8.42 Å². The number of aromatic nitrogens is 1. The zero-order valence-corrected chi connectivity index (χ0v) is 18.8. The molecular weight excluding hydrogens is 444 g/mol. The number of hydrogen-bond acceptors (Lipinski definition) is 5. The minimum Gasteiger partial charge on any atom is -0.423 e. The Morgan fingerprint density at radius 1 is 0.938 bits per heavy atom. The topological polar surface area (TPSA) is 77.7 Å². The monoisotopic (exact) mass is 464 g/mol. The Morgan fingerprint density at radius 3 is 2.19 bits per heavy atom. The first-order chi connectivity index (χ1) is 15.5. The summed E-state index contributed by atoms with van der Waals surface area (Å²) in [6.45, 7) is 2.48. The molecule has 0 unspecified atom stereocenters. The third-order valence-corrected chi connectivity index (χ3v) is 6.98. The van der Waals surface area contributed by atoms with Crippen LogP contribution in [0.5, 0.6) is 5.75 Å². The molecule has 0 aliphatic heterocycles. The molecule has 8 heteroatoms. The predicted molar refractivity (Wildman–Crippen MR) is 124 cm³/mol. The Labute approximate surface area is 190 Å². The second-order valence-corrected chi connectivity index (χ2v) is 9.25. The number of carbonyl (C=O) groups excluding carboxylic acids is 1. The fourth-order valence-electron chi connectivity index (χ4n) is 3.12. The highest BCUT2D eigenvalue weighted by atomic mass is 32.2. The van der Waals surface area contributed by atoms with E-state index in [0.717, 1.165) is 11.3 Å². The molecule has 3 aromatic carbocycles. The summed E-state index contributed by atoms with van der Waals surface area (Å²) in [6.07, 6.45) is 0. The van der Waals surface area contributed by atoms with Crippen LogP contribution in [0, 0.1) is 0 Å². The Morgan fingerprint density at radius 2 is 1.56 bits per heavy atom. The average molecular weight is 465 g/mol. The van der Waals surface area contributed by atoms with Crippen molar-refractivity contribution in [3.8, 4) is 17.0 Å². The van der Waals surface area contributed by atoms with Gasteiger partial charge < -0.3 is 9.30 Å². The summed E-state index contributed by atoms with van der Waals surface area (Å²) in [5.74, 6) is 0.00200. The SMILES string of the molecule is CCn1c(-c2ccc(OC(=O)c3ccccc3)cc2)csc1=NS(=O)(=O)c1ccccc1. The quantitative estimate of drug-likeness (QED) is 0.305. The number of ether oxygens (including phenoxy) is 1. The Bertz CT molecular complexity index is 1390. The van der Waals surface area contributed by atoms with Crippen LogP contribution in [0.2, 0.25) is 0 Å². The minimum atomic E-state index is -3.80. The molecule has 0 radical (unpaired) electrons. The number of esters is 1. The van der Waals surface area contributed by atoms with Crippen LogP contribution >= 0.6 is 11.3 Å². The Balaban J connectivity index is 1.61. The third kappa shape index (κ3) is 4.71. The van der Waals surface area contributed by atoms with Gasteiger partial charge in [0.1, 0.15) is 5.75 Å². The maximum Gasteiger partial charge on any atom is 0.343 e. The van der Waals surface area contributed by atoms with Gasteiger partial charge in [0.15, 0.2) is 0 Å². The molecule has 0 aliphatic rings. The van der Waals surface area contributed by atoms with E-state index in [-0.39, 0.29) is 4.90 Å². The summed E-state index contributed by atoms with van der Waals surface area (Å²) in [7, 11) is -3.80. The third-order valence-electron chi connectivity index (χ3n) is 4.72. The first kappa shape index (κ1) is 21.7. The molecule has 0 saturated carbocycles. The fraction of sp³-hybridized carbons (Fsp3) is 0.0833. The van der Waals surface area contributed by atoms with E-state index < -0.39 is 16.0 Å². The average Bonchev–Trinajstić information content (AvgIpc) is 3.22. The molecule has 0 aliphatic carbocycles. The van der Waals surface area contributed by atoms with Gasteiger partial charge in [-0.05, 0) is 61.0 Å². The van der Waals surface area contributed by atoms with Crippen molar-refractivity contribution < 1.29 is 17.9 Å². The summed E-state index contributed by atoms with van der Waals surface area (Å²) < 4.78 is 36.6. The maximum atomic E-state index is 12.7. The highest BCUT2D eigenvalue weighted by Gasteiger charge is 2.14. The summed E-state index contributed by atoms with van der Waals surface area (Å²) in [5, 5.41) is 1.87. The molecule has 0 bridgehead atoms. The highest BCUT2D eigenvalue weighted by Crippen LogP contribution is 2.24. The van der Waals surface area contributed by atoms with Crippen LogP contribution in [0.15, 0.2) is 99.6 Å². The summed E-state index contributed by atoms with van der Waals surface area (Å²) in [5.41, 5.74) is 2.17. The van der Waals surface area contributed by atoms with Crippen molar-refractivity contribution in [3.05, 3.63) is 101 Å². The van der Waals surface area contributed by atoms with E-state index in [1.54, 1.807) is 54.6 Å². The lowest BCUT2D eigenvalue weighted by molar-refractivity contribution is 0.0734. The second-order valence-electron chi connectivity index (χ2n) is 6.81. The number of thiazole rings is 1. The summed E-state index contributed by atoms with van der Waals surface area (Å²) in [4.78, 5) is 12.8. The molecule has 32 heavy (non-hydrogen) atoms. The number of sulfonamides is 1. The summed E-state index contributed by atoms with van der Waals surface area (Å²) >= 11 is 1.26. The molecular formula is C24H20N2O4S2. The Kier molecular flexibility index (Phi) is 6.34. The molecule has 0 N–H and O–H groups in total. The number of carbonyl (C=O) groups is 1. The van der Waals surface area contributed by atoms with E-state index in [9.17, 15) is 13.2 Å². The van der Waals surface area contributed by atoms with Gasteiger partial charge in [0.05, 0.1) is 16.2 Å². The number of rotatable bonds is 6. The van der Waals surface area contributed by atoms with Gasteiger partial charge in [-0.1, -0.05) is 36.4 Å². The lowest BCUT2D eigenvalue weighted by atomic mass is 10.1. The molecule has 0 saturated heterocycles. The lowest BCUT2D eigenvalue weighted by Crippen LogP contribution is -2.17. The number of benzene rings is 3. The normalized spacial score (nSPS) is 12.0. The molecule has 0 fully saturated rings. The fourth-order valence-corrected chi connectivity index (χ4v) is 5.33. The smallest absolute Gasteiger partial charge is 0.343 e. The molecule has 4 rings (SSSR count). The summed E-state index contributed by atoms with van der Waals surface area (Å²) in [6, 6.07) is 24.0. The molecule has 162 valence electrons. The number of hydrogen-bond donors (Lipinski definition) is 0. The minimum absolute atomic E-state index is 0.155. The van der Waals surface area contributed by atoms with Crippen LogP contribution in [0.3, 0.4) is 0 Å². The number of nitrogens with zero attached hydrogens (tertiary/aromatic N) is 2. The second kappa shape index (κ2) is 9.33. The van der Waals surface area contributed by atoms with Crippen molar-refractivity contribution in [3.63, 3.8) is 0 Å². The van der Waals surface area contributed by atoms with Crippen molar-refractivity contribution in [1.82, 2.24) is 4.57 Å². The van der Waals surface area contributed by atoms with Gasteiger partial charge in [-0.25, -0.2) is 4.79 Å². The Hall–Kier alpha value is -3.49. The van der Waals surface area contributed by atoms with Crippen LogP contribution in [0.1, 0.15) is 17.3 Å². The molecule has 0 spiro atoms. The molecule has 6 nitrogen and oxygen atoms in total. The van der Waals surface area contributed by atoms with E-state index >= 15 is 0 Å². The van der Waals surface area contributed by atoms with E-state index in [2.05, 4.69) is 4.40 Å². The van der Waals surface area contributed by atoms with Crippen molar-refractivity contribution in [1.29, 1.82) is 0 Å². The van der Waals surface area contributed by atoms with Crippen LogP contribution in [-0.4, -0.2) is 19.0 Å². The van der Waals surface area contributed by atoms with Crippen molar-refractivity contribution in [2.45, 2.75) is 18.4 Å².